The molecule has 2 amide bonds. The number of esters is 1. The van der Waals surface area contributed by atoms with E-state index in [-0.39, 0.29) is 10.8 Å². The number of aliphatic hydroxyl groups excluding tert-OH is 1. The van der Waals surface area contributed by atoms with Gasteiger partial charge in [0.15, 0.2) is 11.9 Å². The van der Waals surface area contributed by atoms with Crippen molar-refractivity contribution in [1.82, 2.24) is 15.5 Å². The van der Waals surface area contributed by atoms with E-state index in [0.29, 0.717) is 0 Å². The molecule has 200 valence electrons. The summed E-state index contributed by atoms with van der Waals surface area (Å²) in [7, 11) is -4.86. The van der Waals surface area contributed by atoms with Gasteiger partial charge in [0, 0.05) is 0 Å². The zero-order valence-corrected chi connectivity index (χ0v) is 20.8. The Morgan fingerprint density at radius 2 is 2.17 bits per heavy atom. The van der Waals surface area contributed by atoms with Crippen molar-refractivity contribution < 1.29 is 47.7 Å². The molecule has 2 aliphatic rings. The van der Waals surface area contributed by atoms with Crippen molar-refractivity contribution >= 4 is 25.6 Å². The number of alkyl halides is 1. The standard InChI is InChI=1S/C21H31FN5O8P/c1-12(2)33-18(29)13(3)26-36(31,35-14-8-6-5-7-9-14)32-11-15-17(28)21(4,22)19(34-15)27-20(30)25-16(23)10-24-27/h5-9,12-13,15,17,19,24,28H,10-11H2,1-4H3,(H,26,31)(H2,23,25,30)/t13-,15+,17+,19+,21+,36-/m0/s1/i10D2,11D2. The van der Waals surface area contributed by atoms with Crippen LogP contribution < -0.4 is 20.8 Å². The van der Waals surface area contributed by atoms with Crippen LogP contribution in [0.2, 0.25) is 0 Å². The van der Waals surface area contributed by atoms with Crippen molar-refractivity contribution in [2.75, 3.05) is 13.1 Å². The number of halogens is 1. The maximum Gasteiger partial charge on any atom is 0.459 e. The first kappa shape index (κ1) is 22.6. The molecule has 0 aromatic heterocycles. The number of nitrogens with one attached hydrogen (secondary N) is 2. The second-order valence-corrected chi connectivity index (χ2v) is 9.96. The summed E-state index contributed by atoms with van der Waals surface area (Å²) >= 11 is 0. The Morgan fingerprint density at radius 1 is 1.50 bits per heavy atom. The number of hydrogen-bond donors (Lipinski definition) is 4. The summed E-state index contributed by atoms with van der Waals surface area (Å²) in [5.74, 6) is -1.67. The molecule has 0 spiro atoms. The minimum atomic E-state index is -4.86. The van der Waals surface area contributed by atoms with Crippen LogP contribution in [-0.4, -0.2) is 77.3 Å². The molecule has 0 saturated carbocycles. The van der Waals surface area contributed by atoms with Gasteiger partial charge >= 0.3 is 19.7 Å². The van der Waals surface area contributed by atoms with E-state index in [1.54, 1.807) is 19.9 Å². The van der Waals surface area contributed by atoms with Gasteiger partial charge in [0.25, 0.3) is 0 Å². The van der Waals surface area contributed by atoms with E-state index in [1.807, 2.05) is 5.43 Å². The highest BCUT2D eigenvalue weighted by atomic mass is 31.2. The summed E-state index contributed by atoms with van der Waals surface area (Å²) in [5, 5.41) is 13.3. The minimum Gasteiger partial charge on any atom is -0.462 e. The highest BCUT2D eigenvalue weighted by Gasteiger charge is 2.58. The third-order valence-electron chi connectivity index (χ3n) is 4.90. The second-order valence-electron chi connectivity index (χ2n) is 8.34. The van der Waals surface area contributed by atoms with Crippen molar-refractivity contribution in [3.05, 3.63) is 30.3 Å². The van der Waals surface area contributed by atoms with Crippen LogP contribution in [0, 0.1) is 0 Å². The fraction of sp³-hybridized carbons (Fsp3) is 0.571. The number of amides is 2. The lowest BCUT2D eigenvalue weighted by Crippen LogP contribution is -2.60. The van der Waals surface area contributed by atoms with E-state index in [2.05, 4.69) is 10.1 Å². The van der Waals surface area contributed by atoms with E-state index in [1.165, 1.54) is 31.2 Å². The lowest BCUT2D eigenvalue weighted by atomic mass is 9.98. The van der Waals surface area contributed by atoms with Gasteiger partial charge in [0.2, 0.25) is 0 Å². The van der Waals surface area contributed by atoms with Crippen LogP contribution in [0.1, 0.15) is 33.2 Å². The summed E-state index contributed by atoms with van der Waals surface area (Å²) < 4.78 is 83.0. The Kier molecular flexibility index (Phi) is 7.02. The zero-order valence-electron chi connectivity index (χ0n) is 23.9. The predicted octanol–water partition coefficient (Wildman–Crippen LogP) is 1.23. The molecule has 5 N–H and O–H groups in total. The fourth-order valence-electron chi connectivity index (χ4n) is 3.14. The molecule has 0 bridgehead atoms. The number of hydrogen-bond acceptors (Lipinski definition) is 10. The van der Waals surface area contributed by atoms with E-state index in [0.717, 1.165) is 6.92 Å². The van der Waals surface area contributed by atoms with E-state index in [9.17, 15) is 19.3 Å². The third-order valence-corrected chi connectivity index (χ3v) is 6.40. The number of carbonyl (C=O) groups is 2. The van der Waals surface area contributed by atoms with Crippen LogP contribution in [-0.2, 0) is 23.4 Å². The third kappa shape index (κ3) is 6.58. The van der Waals surface area contributed by atoms with Gasteiger partial charge in [-0.1, -0.05) is 18.2 Å². The van der Waals surface area contributed by atoms with Gasteiger partial charge in [0.05, 0.1) is 24.6 Å². The number of ether oxygens (including phenoxy) is 2. The van der Waals surface area contributed by atoms with Crippen LogP contribution >= 0.6 is 7.75 Å². The van der Waals surface area contributed by atoms with Crippen LogP contribution in [0.4, 0.5) is 9.18 Å². The zero-order chi connectivity index (χ0) is 30.3. The molecule has 1 fully saturated rings. The van der Waals surface area contributed by atoms with Crippen molar-refractivity contribution in [3.8, 4) is 5.75 Å². The normalized spacial score (nSPS) is 32.4. The van der Waals surface area contributed by atoms with Crippen molar-refractivity contribution in [2.24, 2.45) is 10.7 Å². The molecule has 0 aliphatic carbocycles. The fourth-order valence-corrected chi connectivity index (χ4v) is 4.50. The van der Waals surface area contributed by atoms with E-state index < -0.39 is 74.9 Å². The second kappa shape index (κ2) is 11.2. The molecule has 2 heterocycles. The maximum atomic E-state index is 15.8. The van der Waals surface area contributed by atoms with Gasteiger partial charge in [-0.15, -0.1) is 0 Å². The Balaban J connectivity index is 1.90. The molecule has 3 rings (SSSR count). The summed E-state index contributed by atoms with van der Waals surface area (Å²) in [6, 6.07) is 4.76. The van der Waals surface area contributed by atoms with Gasteiger partial charge in [-0.2, -0.15) is 10.1 Å². The highest BCUT2D eigenvalue weighted by molar-refractivity contribution is 7.52. The van der Waals surface area contributed by atoms with Crippen molar-refractivity contribution in [2.45, 2.75) is 63.9 Å². The molecule has 15 heteroatoms. The number of aliphatic hydroxyl groups is 1. The molecule has 1 saturated heterocycles. The number of nitrogens with zero attached hydrogens (tertiary/aromatic N) is 2. The molecular formula is C21H31FN5O8P. The van der Waals surface area contributed by atoms with Gasteiger partial charge in [0.1, 0.15) is 29.8 Å². The van der Waals surface area contributed by atoms with Crippen LogP contribution in [0.5, 0.6) is 5.75 Å². The number of para-hydroxylation sites is 1. The average Bonchev–Trinajstić information content (AvgIpc) is 3.05. The summed E-state index contributed by atoms with van der Waals surface area (Å²) in [6.45, 7) is -0.733. The average molecular weight is 536 g/mol. The predicted molar refractivity (Wildman–Crippen MR) is 125 cm³/mol. The van der Waals surface area contributed by atoms with E-state index >= 15 is 4.39 Å². The van der Waals surface area contributed by atoms with Gasteiger partial charge in [-0.05, 0) is 39.8 Å². The lowest BCUT2D eigenvalue weighted by Gasteiger charge is -2.34. The summed E-state index contributed by atoms with van der Waals surface area (Å²) in [6.07, 6.45) is -7.29. The van der Waals surface area contributed by atoms with Crippen LogP contribution in [0.3, 0.4) is 0 Å². The van der Waals surface area contributed by atoms with E-state index in [4.69, 9.17) is 29.7 Å². The van der Waals surface area contributed by atoms with Gasteiger partial charge < -0.3 is 24.8 Å². The number of amidine groups is 1. The smallest absolute Gasteiger partial charge is 0.459 e. The summed E-state index contributed by atoms with van der Waals surface area (Å²) in [5.41, 5.74) is 4.45. The first-order chi connectivity index (χ1) is 18.3. The monoisotopic (exact) mass is 535 g/mol. The number of aliphatic imine (C=N–C) groups is 1. The van der Waals surface area contributed by atoms with Crippen LogP contribution in [0.15, 0.2) is 35.3 Å². The maximum absolute atomic E-state index is 15.8. The number of hydrazine groups is 1. The summed E-state index contributed by atoms with van der Waals surface area (Å²) in [4.78, 5) is 28.0. The van der Waals surface area contributed by atoms with Crippen molar-refractivity contribution in [3.63, 3.8) is 0 Å². The molecule has 0 radical (unpaired) electrons. The molecule has 36 heavy (non-hydrogen) atoms. The minimum absolute atomic E-state index is 0.0551. The molecule has 6 atom stereocenters. The molecule has 1 aromatic rings. The number of rotatable bonds is 10. The Bertz CT molecular complexity index is 1190. The topological polar surface area (TPSA) is 174 Å². The van der Waals surface area contributed by atoms with Crippen LogP contribution in [0.25, 0.3) is 0 Å². The van der Waals surface area contributed by atoms with Gasteiger partial charge in [-0.25, -0.2) is 24.2 Å². The first-order valence-electron chi connectivity index (χ1n) is 12.8. The van der Waals surface area contributed by atoms with Crippen molar-refractivity contribution in [1.29, 1.82) is 0 Å². The Labute approximate surface area is 213 Å². The lowest BCUT2D eigenvalue weighted by molar-refractivity contribution is -0.149. The number of benzene rings is 1. The largest absolute Gasteiger partial charge is 0.462 e. The Morgan fingerprint density at radius 3 is 2.81 bits per heavy atom. The Hall–Kier alpha value is -2.61. The molecule has 13 nitrogen and oxygen atoms in total. The SMILES string of the molecule is [2H]C1([2H])NN([C@@H]2O[C@H](C([2H])([2H])O[P@@](=O)(N[C@@H](C)C(=O)OC(C)C)Oc3ccccc3)[C@@H](O)[C@@]2(C)F)C(=O)N=C1N. The molecule has 0 unspecified atom stereocenters. The molecule has 1 aromatic carbocycles. The number of urea groups is 1. The molecular weight excluding hydrogens is 500 g/mol. The molecule has 2 aliphatic heterocycles. The number of nitrogens with two attached hydrogens (primary N) is 1. The quantitative estimate of drug-likeness (QED) is 0.251. The number of carbonyl (C=O) groups excluding carboxylic acids is 2. The van der Waals surface area contributed by atoms with Gasteiger partial charge in [-0.3, -0.25) is 9.32 Å². The highest BCUT2D eigenvalue weighted by Crippen LogP contribution is 2.46. The first-order valence-corrected chi connectivity index (χ1v) is 12.3.